The number of hydrogen-bond acceptors (Lipinski definition) is 5. The standard InChI is InChI=1S/C15H13N5O/c1-17-14-10-6-8(2-4-11(10)19-20-14)9-3-5-13-12(7-9)18-15(16)21-13/h2-7H,1H3,(H2,16,18)(H2,17,19,20). The molecule has 6 heteroatoms. The molecule has 4 N–H and O–H groups in total. The van der Waals surface area contributed by atoms with Crippen molar-refractivity contribution in [2.45, 2.75) is 0 Å². The van der Waals surface area contributed by atoms with Gasteiger partial charge < -0.3 is 15.5 Å². The van der Waals surface area contributed by atoms with Crippen LogP contribution in [0.4, 0.5) is 11.8 Å². The summed E-state index contributed by atoms with van der Waals surface area (Å²) in [6.45, 7) is 0. The molecule has 4 rings (SSSR count). The van der Waals surface area contributed by atoms with E-state index in [1.165, 1.54) is 0 Å². The lowest BCUT2D eigenvalue weighted by atomic mass is 10.0. The fraction of sp³-hybridized carbons (Fsp3) is 0.0667. The van der Waals surface area contributed by atoms with E-state index >= 15 is 0 Å². The fourth-order valence-electron chi connectivity index (χ4n) is 2.51. The van der Waals surface area contributed by atoms with Gasteiger partial charge in [0.05, 0.1) is 5.52 Å². The first kappa shape index (κ1) is 11.8. The van der Waals surface area contributed by atoms with E-state index in [1.807, 2.05) is 37.4 Å². The highest BCUT2D eigenvalue weighted by molar-refractivity contribution is 5.94. The molecule has 0 aliphatic heterocycles. The number of rotatable bonds is 2. The highest BCUT2D eigenvalue weighted by atomic mass is 16.4. The molecule has 0 saturated heterocycles. The molecule has 0 amide bonds. The van der Waals surface area contributed by atoms with Gasteiger partial charge in [-0.15, -0.1) is 0 Å². The Morgan fingerprint density at radius 2 is 1.95 bits per heavy atom. The van der Waals surface area contributed by atoms with Crippen molar-refractivity contribution in [1.82, 2.24) is 15.2 Å². The molecular formula is C15H13N5O. The number of oxazole rings is 1. The molecule has 2 aromatic heterocycles. The number of nitrogens with two attached hydrogens (primary N) is 1. The van der Waals surface area contributed by atoms with Crippen LogP contribution in [-0.2, 0) is 0 Å². The highest BCUT2D eigenvalue weighted by Gasteiger charge is 2.08. The lowest BCUT2D eigenvalue weighted by Gasteiger charge is -2.02. The van der Waals surface area contributed by atoms with Crippen molar-refractivity contribution in [2.24, 2.45) is 0 Å². The molecule has 0 unspecified atom stereocenters. The van der Waals surface area contributed by atoms with Crippen LogP contribution in [0.25, 0.3) is 33.1 Å². The number of hydrogen-bond donors (Lipinski definition) is 3. The summed E-state index contributed by atoms with van der Waals surface area (Å²) in [6.07, 6.45) is 0. The largest absolute Gasteiger partial charge is 0.424 e. The molecule has 0 atom stereocenters. The van der Waals surface area contributed by atoms with Crippen molar-refractivity contribution >= 4 is 33.8 Å². The SMILES string of the molecule is CNc1n[nH]c2ccc(-c3ccc4oc(N)nc4c3)cc12. The van der Waals surface area contributed by atoms with Crippen molar-refractivity contribution in [3.63, 3.8) is 0 Å². The molecular weight excluding hydrogens is 266 g/mol. The Bertz CT molecular complexity index is 953. The zero-order valence-electron chi connectivity index (χ0n) is 11.3. The summed E-state index contributed by atoms with van der Waals surface area (Å²) < 4.78 is 5.29. The first-order valence-electron chi connectivity index (χ1n) is 6.57. The van der Waals surface area contributed by atoms with Crippen molar-refractivity contribution in [2.75, 3.05) is 18.1 Å². The molecule has 0 saturated carbocycles. The summed E-state index contributed by atoms with van der Waals surface area (Å²) in [6, 6.07) is 12.2. The Kier molecular flexibility index (Phi) is 2.38. The summed E-state index contributed by atoms with van der Waals surface area (Å²) in [4.78, 5) is 4.17. The van der Waals surface area contributed by atoms with Gasteiger partial charge in [0.15, 0.2) is 11.4 Å². The van der Waals surface area contributed by atoms with Crippen LogP contribution in [-0.4, -0.2) is 22.2 Å². The number of nitrogens with zero attached hydrogens (tertiary/aromatic N) is 2. The first-order valence-corrected chi connectivity index (χ1v) is 6.57. The number of nitrogens with one attached hydrogen (secondary N) is 2. The van der Waals surface area contributed by atoms with Gasteiger partial charge in [-0.05, 0) is 35.4 Å². The van der Waals surface area contributed by atoms with E-state index in [9.17, 15) is 0 Å². The summed E-state index contributed by atoms with van der Waals surface area (Å²) in [5.74, 6) is 0.832. The van der Waals surface area contributed by atoms with Gasteiger partial charge >= 0.3 is 0 Å². The van der Waals surface area contributed by atoms with Crippen LogP contribution >= 0.6 is 0 Å². The minimum atomic E-state index is 0.185. The molecule has 2 aromatic carbocycles. The molecule has 0 bridgehead atoms. The summed E-state index contributed by atoms with van der Waals surface area (Å²) in [5, 5.41) is 11.3. The third kappa shape index (κ3) is 1.80. The number of fused-ring (bicyclic) bond motifs is 2. The smallest absolute Gasteiger partial charge is 0.292 e. The lowest BCUT2D eigenvalue weighted by molar-refractivity contribution is 0.626. The highest BCUT2D eigenvalue weighted by Crippen LogP contribution is 2.29. The average molecular weight is 279 g/mol. The number of H-pyrrole nitrogens is 1. The Hall–Kier alpha value is -3.02. The number of aromatic amines is 1. The quantitative estimate of drug-likeness (QED) is 0.524. The van der Waals surface area contributed by atoms with Gasteiger partial charge in [0, 0.05) is 12.4 Å². The van der Waals surface area contributed by atoms with Gasteiger partial charge in [-0.3, -0.25) is 5.10 Å². The van der Waals surface area contributed by atoms with Gasteiger partial charge in [0.2, 0.25) is 0 Å². The van der Waals surface area contributed by atoms with E-state index in [0.717, 1.165) is 33.4 Å². The van der Waals surface area contributed by atoms with Crippen LogP contribution in [0.2, 0.25) is 0 Å². The van der Waals surface area contributed by atoms with Crippen molar-refractivity contribution in [3.05, 3.63) is 36.4 Å². The first-order chi connectivity index (χ1) is 10.2. The maximum atomic E-state index is 5.58. The normalized spacial score (nSPS) is 11.3. The second-order valence-electron chi connectivity index (χ2n) is 4.82. The van der Waals surface area contributed by atoms with Gasteiger partial charge in [0.25, 0.3) is 6.01 Å². The van der Waals surface area contributed by atoms with E-state index < -0.39 is 0 Å². The predicted molar refractivity (Wildman–Crippen MR) is 83.1 cm³/mol. The molecule has 0 radical (unpaired) electrons. The van der Waals surface area contributed by atoms with E-state index in [2.05, 4.69) is 26.6 Å². The summed E-state index contributed by atoms with van der Waals surface area (Å²) in [5.41, 5.74) is 10.2. The molecule has 6 nitrogen and oxygen atoms in total. The summed E-state index contributed by atoms with van der Waals surface area (Å²) in [7, 11) is 1.85. The van der Waals surface area contributed by atoms with Crippen molar-refractivity contribution in [3.8, 4) is 11.1 Å². The number of aromatic nitrogens is 3. The van der Waals surface area contributed by atoms with E-state index in [1.54, 1.807) is 0 Å². The van der Waals surface area contributed by atoms with Gasteiger partial charge in [-0.1, -0.05) is 12.1 Å². The average Bonchev–Trinajstić information content (AvgIpc) is 3.07. The Labute approximate surface area is 120 Å². The maximum absolute atomic E-state index is 5.58. The van der Waals surface area contributed by atoms with Crippen LogP contribution < -0.4 is 11.1 Å². The minimum absolute atomic E-state index is 0.185. The van der Waals surface area contributed by atoms with Crippen LogP contribution in [0.15, 0.2) is 40.8 Å². The van der Waals surface area contributed by atoms with E-state index in [0.29, 0.717) is 5.58 Å². The number of anilines is 2. The van der Waals surface area contributed by atoms with E-state index in [4.69, 9.17) is 10.2 Å². The van der Waals surface area contributed by atoms with Crippen molar-refractivity contribution in [1.29, 1.82) is 0 Å². The molecule has 4 aromatic rings. The third-order valence-corrected chi connectivity index (χ3v) is 3.54. The Balaban J connectivity index is 1.90. The number of nitrogen functional groups attached to an aromatic ring is 1. The maximum Gasteiger partial charge on any atom is 0.292 e. The zero-order valence-corrected chi connectivity index (χ0v) is 11.3. The molecule has 104 valence electrons. The number of benzene rings is 2. The Morgan fingerprint density at radius 3 is 2.81 bits per heavy atom. The zero-order chi connectivity index (χ0) is 14.4. The second kappa shape index (κ2) is 4.24. The third-order valence-electron chi connectivity index (χ3n) is 3.54. The van der Waals surface area contributed by atoms with Crippen LogP contribution in [0.5, 0.6) is 0 Å². The van der Waals surface area contributed by atoms with Crippen LogP contribution in [0.3, 0.4) is 0 Å². The Morgan fingerprint density at radius 1 is 1.14 bits per heavy atom. The molecule has 0 fully saturated rings. The molecule has 0 aliphatic rings. The minimum Gasteiger partial charge on any atom is -0.424 e. The predicted octanol–water partition coefficient (Wildman–Crippen LogP) is 3.00. The molecule has 0 aliphatic carbocycles. The fourth-order valence-corrected chi connectivity index (χ4v) is 2.51. The topological polar surface area (TPSA) is 92.8 Å². The van der Waals surface area contributed by atoms with Gasteiger partial charge in [-0.25, -0.2) is 0 Å². The van der Waals surface area contributed by atoms with Crippen molar-refractivity contribution < 1.29 is 4.42 Å². The van der Waals surface area contributed by atoms with Crippen LogP contribution in [0.1, 0.15) is 0 Å². The lowest BCUT2D eigenvalue weighted by Crippen LogP contribution is -1.87. The molecule has 0 spiro atoms. The monoisotopic (exact) mass is 279 g/mol. The second-order valence-corrected chi connectivity index (χ2v) is 4.82. The molecule has 2 heterocycles. The summed E-state index contributed by atoms with van der Waals surface area (Å²) >= 11 is 0. The van der Waals surface area contributed by atoms with Gasteiger partial charge in [-0.2, -0.15) is 10.1 Å². The molecule has 21 heavy (non-hydrogen) atoms. The van der Waals surface area contributed by atoms with Crippen LogP contribution in [0, 0.1) is 0 Å². The van der Waals surface area contributed by atoms with Gasteiger partial charge in [0.1, 0.15) is 5.52 Å². The van der Waals surface area contributed by atoms with E-state index in [-0.39, 0.29) is 6.01 Å².